The predicted molar refractivity (Wildman–Crippen MR) is 77.5 cm³/mol. The van der Waals surface area contributed by atoms with Crippen LogP contribution in [-0.4, -0.2) is 28.2 Å². The van der Waals surface area contributed by atoms with Gasteiger partial charge < -0.3 is 9.30 Å². The van der Waals surface area contributed by atoms with Gasteiger partial charge in [-0.3, -0.25) is 10.1 Å². The highest BCUT2D eigenvalue weighted by Gasteiger charge is 2.31. The van der Waals surface area contributed by atoms with Crippen molar-refractivity contribution >= 4 is 22.9 Å². The number of carbonyl (C=O) groups is 1. The smallest absolute Gasteiger partial charge is 0.232 e. The van der Waals surface area contributed by atoms with Crippen LogP contribution in [0.25, 0.3) is 11.0 Å². The molecule has 0 aliphatic carbocycles. The second-order valence-electron chi connectivity index (χ2n) is 5.27. The van der Waals surface area contributed by atoms with E-state index in [9.17, 15) is 9.18 Å². The molecule has 1 amide bonds. The molecule has 1 aromatic carbocycles. The summed E-state index contributed by atoms with van der Waals surface area (Å²) in [5.41, 5.74) is 1.35. The van der Waals surface area contributed by atoms with Crippen molar-refractivity contribution in [2.24, 2.45) is 5.92 Å². The highest BCUT2D eigenvalue weighted by molar-refractivity contribution is 5.93. The summed E-state index contributed by atoms with van der Waals surface area (Å²) in [6.07, 6.45) is 0.635. The van der Waals surface area contributed by atoms with Crippen LogP contribution in [0.2, 0.25) is 0 Å². The van der Waals surface area contributed by atoms with Crippen molar-refractivity contribution in [2.75, 3.05) is 11.9 Å². The lowest BCUT2D eigenvalue weighted by atomic mass is 10.0. The van der Waals surface area contributed by atoms with Crippen molar-refractivity contribution in [3.63, 3.8) is 0 Å². The van der Waals surface area contributed by atoms with E-state index in [4.69, 9.17) is 4.74 Å². The van der Waals surface area contributed by atoms with Gasteiger partial charge in [-0.25, -0.2) is 9.37 Å². The second kappa shape index (κ2) is 5.44. The standard InChI is InChI=1S/C15H18FN3O2/c1-3-19-13-5-4-10(16)8-12(13)17-15(19)18-14(20)11-6-7-21-9(11)2/h4-5,8-9,11H,3,6-7H2,1-2H3,(H,17,18,20)/t9-,11-/m0/s1. The Morgan fingerprint density at radius 3 is 3.05 bits per heavy atom. The minimum atomic E-state index is -0.334. The Bertz CT molecular complexity index is 683. The number of anilines is 1. The highest BCUT2D eigenvalue weighted by Crippen LogP contribution is 2.24. The van der Waals surface area contributed by atoms with Gasteiger partial charge in [0.1, 0.15) is 5.82 Å². The van der Waals surface area contributed by atoms with E-state index in [1.165, 1.54) is 12.1 Å². The number of halogens is 1. The zero-order chi connectivity index (χ0) is 15.0. The van der Waals surface area contributed by atoms with Gasteiger partial charge in [-0.1, -0.05) is 0 Å². The van der Waals surface area contributed by atoms with E-state index in [-0.39, 0.29) is 23.7 Å². The van der Waals surface area contributed by atoms with Crippen LogP contribution in [0.5, 0.6) is 0 Å². The molecule has 21 heavy (non-hydrogen) atoms. The fraction of sp³-hybridized carbons (Fsp3) is 0.467. The topological polar surface area (TPSA) is 56.2 Å². The molecule has 6 heteroatoms. The summed E-state index contributed by atoms with van der Waals surface area (Å²) in [6.45, 7) is 5.11. The van der Waals surface area contributed by atoms with Crippen LogP contribution in [0.15, 0.2) is 18.2 Å². The summed E-state index contributed by atoms with van der Waals surface area (Å²) >= 11 is 0. The number of aromatic nitrogens is 2. The van der Waals surface area contributed by atoms with Crippen molar-refractivity contribution in [2.45, 2.75) is 32.9 Å². The molecule has 1 aromatic heterocycles. The first-order chi connectivity index (χ1) is 10.1. The van der Waals surface area contributed by atoms with Gasteiger partial charge >= 0.3 is 0 Å². The van der Waals surface area contributed by atoms with Gasteiger partial charge in [0.25, 0.3) is 0 Å². The number of imidazole rings is 1. The number of fused-ring (bicyclic) bond motifs is 1. The molecule has 0 radical (unpaired) electrons. The molecule has 1 saturated heterocycles. The molecular weight excluding hydrogens is 273 g/mol. The van der Waals surface area contributed by atoms with Crippen LogP contribution in [0.1, 0.15) is 20.3 Å². The highest BCUT2D eigenvalue weighted by atomic mass is 19.1. The molecular formula is C15H18FN3O2. The second-order valence-corrected chi connectivity index (χ2v) is 5.27. The van der Waals surface area contributed by atoms with Gasteiger partial charge in [-0.05, 0) is 32.4 Å². The van der Waals surface area contributed by atoms with Crippen molar-refractivity contribution in [3.05, 3.63) is 24.0 Å². The van der Waals surface area contributed by atoms with Crippen LogP contribution >= 0.6 is 0 Å². The first kappa shape index (κ1) is 14.0. The van der Waals surface area contributed by atoms with Crippen LogP contribution in [0.4, 0.5) is 10.3 Å². The third-order valence-electron chi connectivity index (χ3n) is 3.97. The minimum absolute atomic E-state index is 0.0816. The number of nitrogens with zero attached hydrogens (tertiary/aromatic N) is 2. The Labute approximate surface area is 122 Å². The summed E-state index contributed by atoms with van der Waals surface area (Å²) in [6, 6.07) is 4.45. The van der Waals surface area contributed by atoms with E-state index in [0.29, 0.717) is 31.0 Å². The number of aryl methyl sites for hydroxylation is 1. The first-order valence-corrected chi connectivity index (χ1v) is 7.18. The summed E-state index contributed by atoms with van der Waals surface area (Å²) in [4.78, 5) is 16.6. The lowest BCUT2D eigenvalue weighted by Crippen LogP contribution is -2.29. The lowest BCUT2D eigenvalue weighted by molar-refractivity contribution is -0.121. The third-order valence-corrected chi connectivity index (χ3v) is 3.97. The fourth-order valence-corrected chi connectivity index (χ4v) is 2.80. The number of carbonyl (C=O) groups excluding carboxylic acids is 1. The molecule has 0 saturated carbocycles. The molecule has 1 aliphatic rings. The monoisotopic (exact) mass is 291 g/mol. The molecule has 2 heterocycles. The molecule has 1 aliphatic heterocycles. The molecule has 1 N–H and O–H groups in total. The van der Waals surface area contributed by atoms with Crippen LogP contribution in [0.3, 0.4) is 0 Å². The van der Waals surface area contributed by atoms with Crippen molar-refractivity contribution in [3.8, 4) is 0 Å². The third kappa shape index (κ3) is 2.51. The zero-order valence-corrected chi connectivity index (χ0v) is 12.1. The Morgan fingerprint density at radius 2 is 2.38 bits per heavy atom. The SMILES string of the molecule is CCn1c(NC(=O)[C@H]2CCO[C@H]2C)nc2cc(F)ccc21. The Balaban J connectivity index is 1.91. The molecule has 2 aromatic rings. The molecule has 1 fully saturated rings. The molecule has 112 valence electrons. The first-order valence-electron chi connectivity index (χ1n) is 7.18. The number of nitrogens with one attached hydrogen (secondary N) is 1. The van der Waals surface area contributed by atoms with Gasteiger partial charge in [0, 0.05) is 19.2 Å². The molecule has 3 rings (SSSR count). The quantitative estimate of drug-likeness (QED) is 0.945. The predicted octanol–water partition coefficient (Wildman–Crippen LogP) is 2.56. The number of hydrogen-bond donors (Lipinski definition) is 1. The van der Waals surface area contributed by atoms with E-state index >= 15 is 0 Å². The fourth-order valence-electron chi connectivity index (χ4n) is 2.80. The summed E-state index contributed by atoms with van der Waals surface area (Å²) in [5, 5.41) is 2.85. The van der Waals surface area contributed by atoms with Gasteiger partial charge in [-0.15, -0.1) is 0 Å². The van der Waals surface area contributed by atoms with E-state index in [1.807, 2.05) is 18.4 Å². The van der Waals surface area contributed by atoms with Crippen LogP contribution in [-0.2, 0) is 16.1 Å². The largest absolute Gasteiger partial charge is 0.378 e. The minimum Gasteiger partial charge on any atom is -0.378 e. The van der Waals surface area contributed by atoms with Crippen LogP contribution < -0.4 is 5.32 Å². The zero-order valence-electron chi connectivity index (χ0n) is 12.1. The summed E-state index contributed by atoms with van der Waals surface area (Å²) in [5.74, 6) is -0.126. The summed E-state index contributed by atoms with van der Waals surface area (Å²) in [7, 11) is 0. The van der Waals surface area contributed by atoms with E-state index in [0.717, 1.165) is 5.52 Å². The van der Waals surface area contributed by atoms with Gasteiger partial charge in [-0.2, -0.15) is 0 Å². The lowest BCUT2D eigenvalue weighted by Gasteiger charge is -2.14. The average Bonchev–Trinajstić information content (AvgIpc) is 3.01. The Kier molecular flexibility index (Phi) is 3.63. The van der Waals surface area contributed by atoms with Crippen molar-refractivity contribution in [1.82, 2.24) is 9.55 Å². The maximum Gasteiger partial charge on any atom is 0.232 e. The van der Waals surface area contributed by atoms with Crippen LogP contribution in [0, 0.1) is 11.7 Å². The molecule has 0 bridgehead atoms. The van der Waals surface area contributed by atoms with E-state index < -0.39 is 0 Å². The number of rotatable bonds is 3. The Morgan fingerprint density at radius 1 is 1.57 bits per heavy atom. The maximum atomic E-state index is 13.3. The maximum absolute atomic E-state index is 13.3. The number of benzene rings is 1. The van der Waals surface area contributed by atoms with E-state index in [2.05, 4.69) is 10.3 Å². The number of hydrogen-bond acceptors (Lipinski definition) is 3. The number of ether oxygens (including phenoxy) is 1. The van der Waals surface area contributed by atoms with Crippen molar-refractivity contribution < 1.29 is 13.9 Å². The normalized spacial score (nSPS) is 21.9. The molecule has 2 atom stereocenters. The average molecular weight is 291 g/mol. The van der Waals surface area contributed by atoms with E-state index in [1.54, 1.807) is 6.07 Å². The summed E-state index contributed by atoms with van der Waals surface area (Å²) < 4.78 is 20.6. The van der Waals surface area contributed by atoms with Gasteiger partial charge in [0.15, 0.2) is 0 Å². The molecule has 0 unspecified atom stereocenters. The molecule has 0 spiro atoms. The molecule has 5 nitrogen and oxygen atoms in total. The van der Waals surface area contributed by atoms with Crippen molar-refractivity contribution in [1.29, 1.82) is 0 Å². The number of amides is 1. The van der Waals surface area contributed by atoms with Gasteiger partial charge in [0.2, 0.25) is 11.9 Å². The van der Waals surface area contributed by atoms with Gasteiger partial charge in [0.05, 0.1) is 23.1 Å². The Hall–Kier alpha value is -1.95.